The van der Waals surface area contributed by atoms with Crippen LogP contribution in [0.2, 0.25) is 0 Å². The van der Waals surface area contributed by atoms with Crippen LogP contribution in [0.5, 0.6) is 0 Å². The van der Waals surface area contributed by atoms with Crippen molar-refractivity contribution in [2.45, 2.75) is 39.5 Å². The molecule has 20 heavy (non-hydrogen) atoms. The maximum Gasteiger partial charge on any atom is 0.193 e. The quantitative estimate of drug-likeness (QED) is 0.324. The average Bonchev–Trinajstić information content (AvgIpc) is 2.40. The summed E-state index contributed by atoms with van der Waals surface area (Å²) < 4.78 is 5.06. The summed E-state index contributed by atoms with van der Waals surface area (Å²) in [6.45, 7) is 7.93. The topological polar surface area (TPSA) is 36.9 Å². The Morgan fingerprint density at radius 1 is 1.30 bits per heavy atom. The first kappa shape index (κ1) is 20.0. The molecule has 0 aromatic heterocycles. The molecule has 0 radical (unpaired) electrons. The van der Waals surface area contributed by atoms with Gasteiger partial charge in [-0.3, -0.25) is 4.99 Å². The minimum Gasteiger partial charge on any atom is -0.383 e. The number of guanidine groups is 1. The Bertz CT molecular complexity index is 266. The van der Waals surface area contributed by atoms with E-state index in [1.165, 1.54) is 25.7 Å². The van der Waals surface area contributed by atoms with Crippen molar-refractivity contribution in [3.05, 3.63) is 0 Å². The Morgan fingerprint density at radius 3 is 2.50 bits per heavy atom. The number of methoxy groups -OCH3 is 1. The Labute approximate surface area is 141 Å². The number of hydrogen-bond acceptors (Lipinski definition) is 2. The highest BCUT2D eigenvalue weighted by Crippen LogP contribution is 2.28. The molecule has 1 rings (SSSR count). The van der Waals surface area contributed by atoms with Crippen LogP contribution in [0.15, 0.2) is 4.99 Å². The van der Waals surface area contributed by atoms with Gasteiger partial charge in [0.25, 0.3) is 0 Å². The maximum absolute atomic E-state index is 5.06. The van der Waals surface area contributed by atoms with Crippen LogP contribution < -0.4 is 5.32 Å². The van der Waals surface area contributed by atoms with Crippen LogP contribution in [-0.4, -0.2) is 51.3 Å². The number of halogens is 1. The lowest BCUT2D eigenvalue weighted by Crippen LogP contribution is -2.42. The molecule has 0 saturated heterocycles. The molecule has 1 N–H and O–H groups in total. The van der Waals surface area contributed by atoms with E-state index < -0.39 is 0 Å². The molecule has 0 atom stereocenters. The van der Waals surface area contributed by atoms with Crippen molar-refractivity contribution >= 4 is 29.9 Å². The second-order valence-corrected chi connectivity index (χ2v) is 5.73. The van der Waals surface area contributed by atoms with Crippen molar-refractivity contribution in [1.82, 2.24) is 10.2 Å². The van der Waals surface area contributed by atoms with Gasteiger partial charge < -0.3 is 15.0 Å². The number of nitrogens with one attached hydrogen (secondary N) is 1. The molecule has 0 unspecified atom stereocenters. The van der Waals surface area contributed by atoms with Crippen LogP contribution in [0.25, 0.3) is 0 Å². The lowest BCUT2D eigenvalue weighted by Gasteiger charge is -2.31. The van der Waals surface area contributed by atoms with Crippen LogP contribution in [0.3, 0.4) is 0 Å². The largest absolute Gasteiger partial charge is 0.383 e. The zero-order chi connectivity index (χ0) is 14.1. The lowest BCUT2D eigenvalue weighted by molar-refractivity contribution is 0.207. The van der Waals surface area contributed by atoms with Crippen LogP contribution in [0.4, 0.5) is 0 Å². The van der Waals surface area contributed by atoms with Gasteiger partial charge in [-0.25, -0.2) is 0 Å². The molecule has 0 aliphatic heterocycles. The Morgan fingerprint density at radius 2 is 1.95 bits per heavy atom. The predicted molar refractivity (Wildman–Crippen MR) is 97.0 cm³/mol. The van der Waals surface area contributed by atoms with Gasteiger partial charge in [0.05, 0.1) is 13.2 Å². The summed E-state index contributed by atoms with van der Waals surface area (Å²) in [5, 5.41) is 3.36. The molecule has 1 fully saturated rings. The molecule has 0 spiro atoms. The first-order valence-electron chi connectivity index (χ1n) is 7.65. The molecule has 0 bridgehead atoms. The standard InChI is InChI=1S/C15H31N3O.HI/c1-5-16-15(17-10-11-19-4)18(3)12-14-8-6-13(2)7-9-14;/h13-14H,5-12H2,1-4H3,(H,16,17);1H. The molecular formula is C15H32IN3O. The fraction of sp³-hybridized carbons (Fsp3) is 0.933. The third-order valence-electron chi connectivity index (χ3n) is 3.92. The molecule has 0 aromatic carbocycles. The van der Waals surface area contributed by atoms with Crippen LogP contribution >= 0.6 is 24.0 Å². The van der Waals surface area contributed by atoms with E-state index >= 15 is 0 Å². The van der Waals surface area contributed by atoms with E-state index in [0.29, 0.717) is 6.61 Å². The minimum atomic E-state index is 0. The molecule has 1 aliphatic rings. The molecule has 120 valence electrons. The van der Waals surface area contributed by atoms with Crippen LogP contribution in [0.1, 0.15) is 39.5 Å². The number of aliphatic imine (C=N–C) groups is 1. The van der Waals surface area contributed by atoms with E-state index in [2.05, 4.69) is 36.1 Å². The molecule has 1 saturated carbocycles. The zero-order valence-corrected chi connectivity index (χ0v) is 15.9. The van der Waals surface area contributed by atoms with Gasteiger partial charge in [0.2, 0.25) is 0 Å². The first-order chi connectivity index (χ1) is 9.17. The monoisotopic (exact) mass is 397 g/mol. The van der Waals surface area contributed by atoms with Gasteiger partial charge in [-0.1, -0.05) is 19.8 Å². The smallest absolute Gasteiger partial charge is 0.193 e. The van der Waals surface area contributed by atoms with Gasteiger partial charge in [-0.15, -0.1) is 24.0 Å². The fourth-order valence-corrected chi connectivity index (χ4v) is 2.70. The average molecular weight is 397 g/mol. The summed E-state index contributed by atoms with van der Waals surface area (Å²) in [5.74, 6) is 2.76. The van der Waals surface area contributed by atoms with Crippen molar-refractivity contribution in [3.63, 3.8) is 0 Å². The summed E-state index contributed by atoms with van der Waals surface area (Å²) in [6.07, 6.45) is 5.50. The molecular weight excluding hydrogens is 365 g/mol. The van der Waals surface area contributed by atoms with Gasteiger partial charge in [-0.05, 0) is 31.6 Å². The Hall–Kier alpha value is -0.0400. The lowest BCUT2D eigenvalue weighted by atomic mass is 9.83. The predicted octanol–water partition coefficient (Wildman–Crippen LogP) is 2.97. The van der Waals surface area contributed by atoms with Crippen LogP contribution in [-0.2, 0) is 4.74 Å². The SMILES string of the molecule is CCNC(=NCCOC)N(C)CC1CCC(C)CC1.I. The molecule has 5 heteroatoms. The van der Waals surface area contributed by atoms with Gasteiger partial charge in [-0.2, -0.15) is 0 Å². The van der Waals surface area contributed by atoms with Crippen molar-refractivity contribution in [2.24, 2.45) is 16.8 Å². The molecule has 0 amide bonds. The Balaban J connectivity index is 0.00000361. The molecule has 0 heterocycles. The van der Waals surface area contributed by atoms with Crippen LogP contribution in [0, 0.1) is 11.8 Å². The second-order valence-electron chi connectivity index (χ2n) is 5.73. The van der Waals surface area contributed by atoms with Crippen molar-refractivity contribution in [3.8, 4) is 0 Å². The second kappa shape index (κ2) is 11.6. The summed E-state index contributed by atoms with van der Waals surface area (Å²) in [4.78, 5) is 6.87. The van der Waals surface area contributed by atoms with Gasteiger partial charge in [0.1, 0.15) is 0 Å². The number of rotatable bonds is 6. The minimum absolute atomic E-state index is 0. The highest BCUT2D eigenvalue weighted by Gasteiger charge is 2.20. The summed E-state index contributed by atoms with van der Waals surface area (Å²) in [7, 11) is 3.86. The fourth-order valence-electron chi connectivity index (χ4n) is 2.70. The van der Waals surface area contributed by atoms with Gasteiger partial charge in [0, 0.05) is 27.2 Å². The van der Waals surface area contributed by atoms with Crippen molar-refractivity contribution in [1.29, 1.82) is 0 Å². The van der Waals surface area contributed by atoms with Crippen molar-refractivity contribution in [2.75, 3.05) is 40.4 Å². The van der Waals surface area contributed by atoms with E-state index in [-0.39, 0.29) is 24.0 Å². The number of hydrogen-bond donors (Lipinski definition) is 1. The molecule has 4 nitrogen and oxygen atoms in total. The highest BCUT2D eigenvalue weighted by molar-refractivity contribution is 14.0. The maximum atomic E-state index is 5.06. The highest BCUT2D eigenvalue weighted by atomic mass is 127. The van der Waals surface area contributed by atoms with Gasteiger partial charge >= 0.3 is 0 Å². The third kappa shape index (κ3) is 7.67. The molecule has 0 aromatic rings. The Kier molecular flexibility index (Phi) is 11.6. The van der Waals surface area contributed by atoms with Crippen molar-refractivity contribution < 1.29 is 4.74 Å². The summed E-state index contributed by atoms with van der Waals surface area (Å²) >= 11 is 0. The number of ether oxygens (including phenoxy) is 1. The summed E-state index contributed by atoms with van der Waals surface area (Å²) in [5.41, 5.74) is 0. The zero-order valence-electron chi connectivity index (χ0n) is 13.5. The van der Waals surface area contributed by atoms with E-state index in [4.69, 9.17) is 4.74 Å². The summed E-state index contributed by atoms with van der Waals surface area (Å²) in [6, 6.07) is 0. The van der Waals surface area contributed by atoms with E-state index in [0.717, 1.165) is 37.4 Å². The molecule has 1 aliphatic carbocycles. The van der Waals surface area contributed by atoms with Gasteiger partial charge in [0.15, 0.2) is 5.96 Å². The van der Waals surface area contributed by atoms with E-state index in [9.17, 15) is 0 Å². The third-order valence-corrected chi connectivity index (χ3v) is 3.92. The number of nitrogens with zero attached hydrogens (tertiary/aromatic N) is 2. The van der Waals surface area contributed by atoms with E-state index in [1.807, 2.05) is 0 Å². The van der Waals surface area contributed by atoms with E-state index in [1.54, 1.807) is 7.11 Å². The first-order valence-corrected chi connectivity index (χ1v) is 7.65. The normalized spacial score (nSPS) is 23.1.